The minimum atomic E-state index is -0.785. The lowest BCUT2D eigenvalue weighted by Gasteiger charge is -2.40. The maximum Gasteiger partial charge on any atom is 0.307 e. The van der Waals surface area contributed by atoms with E-state index in [1.54, 1.807) is 0 Å². The quantitative estimate of drug-likeness (QED) is 0.917. The van der Waals surface area contributed by atoms with Crippen LogP contribution in [0.5, 0.6) is 0 Å². The van der Waals surface area contributed by atoms with Crippen LogP contribution < -0.4 is 4.90 Å². The normalized spacial score (nSPS) is 28.0. The van der Waals surface area contributed by atoms with E-state index in [2.05, 4.69) is 17.0 Å². The number of benzene rings is 1. The monoisotopic (exact) mass is 342 g/mol. The molecule has 0 aromatic heterocycles. The highest BCUT2D eigenvalue weighted by Gasteiger charge is 2.52. The van der Waals surface area contributed by atoms with Gasteiger partial charge in [0.1, 0.15) is 0 Å². The molecule has 2 saturated carbocycles. The number of piperazine rings is 1. The highest BCUT2D eigenvalue weighted by atomic mass is 16.4. The fourth-order valence-corrected chi connectivity index (χ4v) is 4.62. The second-order valence-corrected chi connectivity index (χ2v) is 7.94. The fraction of sp³-hybridized carbons (Fsp3) is 0.600. The molecule has 1 spiro atoms. The molecule has 25 heavy (non-hydrogen) atoms. The molecule has 1 N–H and O–H groups in total. The maximum absolute atomic E-state index is 13.0. The minimum Gasteiger partial charge on any atom is -0.481 e. The summed E-state index contributed by atoms with van der Waals surface area (Å²) in [6.45, 7) is 2.98. The lowest BCUT2D eigenvalue weighted by molar-refractivity contribution is -0.153. The standard InChI is InChI=1S/C20H26N2O3/c23-18(16-6-7-20(8-9-20)14-17(16)19(24)25)22-12-10-21(11-13-22)15-4-2-1-3-5-15/h1-5,16-17H,6-14H2,(H,24,25)/t16-,17+/m0/s1. The van der Waals surface area contributed by atoms with Crippen molar-refractivity contribution in [3.05, 3.63) is 30.3 Å². The first-order chi connectivity index (χ1) is 12.1. The molecule has 1 amide bonds. The molecule has 2 atom stereocenters. The number of carboxylic acid groups (broad SMARTS) is 1. The van der Waals surface area contributed by atoms with E-state index >= 15 is 0 Å². The van der Waals surface area contributed by atoms with Gasteiger partial charge in [0, 0.05) is 31.9 Å². The van der Waals surface area contributed by atoms with Crippen molar-refractivity contribution in [2.75, 3.05) is 31.1 Å². The molecule has 0 bridgehead atoms. The molecule has 1 aromatic carbocycles. The van der Waals surface area contributed by atoms with Gasteiger partial charge in [0.15, 0.2) is 0 Å². The molecular weight excluding hydrogens is 316 g/mol. The summed E-state index contributed by atoms with van der Waals surface area (Å²) in [5.41, 5.74) is 1.44. The molecule has 1 aliphatic heterocycles. The van der Waals surface area contributed by atoms with Gasteiger partial charge in [-0.2, -0.15) is 0 Å². The molecule has 5 nitrogen and oxygen atoms in total. The zero-order chi connectivity index (χ0) is 17.4. The van der Waals surface area contributed by atoms with Crippen LogP contribution in [0.3, 0.4) is 0 Å². The minimum absolute atomic E-state index is 0.0654. The van der Waals surface area contributed by atoms with Crippen molar-refractivity contribution >= 4 is 17.6 Å². The lowest BCUT2D eigenvalue weighted by atomic mass is 9.71. The molecule has 2 aliphatic carbocycles. The molecule has 4 rings (SSSR count). The van der Waals surface area contributed by atoms with Crippen LogP contribution in [0.2, 0.25) is 0 Å². The second-order valence-electron chi connectivity index (χ2n) is 7.94. The molecule has 1 saturated heterocycles. The topological polar surface area (TPSA) is 60.9 Å². The summed E-state index contributed by atoms with van der Waals surface area (Å²) in [5.74, 6) is -1.54. The van der Waals surface area contributed by atoms with Gasteiger partial charge in [-0.3, -0.25) is 9.59 Å². The zero-order valence-corrected chi connectivity index (χ0v) is 14.6. The number of amides is 1. The Hall–Kier alpha value is -2.04. The fourth-order valence-electron chi connectivity index (χ4n) is 4.62. The van der Waals surface area contributed by atoms with Crippen LogP contribution in [0.1, 0.15) is 32.1 Å². The van der Waals surface area contributed by atoms with Gasteiger partial charge in [-0.25, -0.2) is 0 Å². The summed E-state index contributed by atoms with van der Waals surface area (Å²) in [6, 6.07) is 10.2. The number of nitrogens with zero attached hydrogens (tertiary/aromatic N) is 2. The van der Waals surface area contributed by atoms with E-state index in [4.69, 9.17) is 0 Å². The maximum atomic E-state index is 13.0. The van der Waals surface area contributed by atoms with Crippen LogP contribution in [0.25, 0.3) is 0 Å². The molecular formula is C20H26N2O3. The lowest BCUT2D eigenvalue weighted by Crippen LogP contribution is -2.52. The molecule has 1 aromatic rings. The Morgan fingerprint density at radius 2 is 1.64 bits per heavy atom. The largest absolute Gasteiger partial charge is 0.481 e. The van der Waals surface area contributed by atoms with Crippen LogP contribution in [0, 0.1) is 17.3 Å². The summed E-state index contributed by atoms with van der Waals surface area (Å²) < 4.78 is 0. The number of hydrogen-bond donors (Lipinski definition) is 1. The molecule has 3 fully saturated rings. The first-order valence-corrected chi connectivity index (χ1v) is 9.40. The Morgan fingerprint density at radius 1 is 0.960 bits per heavy atom. The van der Waals surface area contributed by atoms with Gasteiger partial charge >= 0.3 is 5.97 Å². The third kappa shape index (κ3) is 3.24. The van der Waals surface area contributed by atoms with Crippen LogP contribution in [0.4, 0.5) is 5.69 Å². The zero-order valence-electron chi connectivity index (χ0n) is 14.6. The SMILES string of the molecule is O=C(O)[C@@H]1CC2(CC[C@@H]1C(=O)N1CCN(c3ccccc3)CC1)CC2. The molecule has 1 heterocycles. The smallest absolute Gasteiger partial charge is 0.307 e. The number of rotatable bonds is 3. The van der Waals surface area contributed by atoms with Crippen molar-refractivity contribution in [2.24, 2.45) is 17.3 Å². The van der Waals surface area contributed by atoms with E-state index < -0.39 is 11.9 Å². The number of aliphatic carboxylic acids is 1. The second kappa shape index (κ2) is 6.36. The Kier molecular flexibility index (Phi) is 4.18. The molecule has 3 aliphatic rings. The predicted octanol–water partition coefficient (Wildman–Crippen LogP) is 2.62. The number of carboxylic acids is 1. The van der Waals surface area contributed by atoms with Crippen molar-refractivity contribution in [3.63, 3.8) is 0 Å². The van der Waals surface area contributed by atoms with E-state index in [0.717, 1.165) is 38.8 Å². The highest BCUT2D eigenvalue weighted by Crippen LogP contribution is 2.59. The Morgan fingerprint density at radius 3 is 2.24 bits per heavy atom. The Labute approximate surface area is 148 Å². The number of carbonyl (C=O) groups excluding carboxylic acids is 1. The molecule has 134 valence electrons. The first kappa shape index (κ1) is 16.4. The van der Waals surface area contributed by atoms with Crippen LogP contribution in [-0.2, 0) is 9.59 Å². The third-order valence-electron chi connectivity index (χ3n) is 6.43. The van der Waals surface area contributed by atoms with Gasteiger partial charge in [0.2, 0.25) is 5.91 Å². The van der Waals surface area contributed by atoms with E-state index in [1.165, 1.54) is 5.69 Å². The molecule has 0 unspecified atom stereocenters. The highest BCUT2D eigenvalue weighted by molar-refractivity contribution is 5.85. The van der Waals surface area contributed by atoms with Crippen molar-refractivity contribution in [3.8, 4) is 0 Å². The van der Waals surface area contributed by atoms with E-state index in [-0.39, 0.29) is 17.2 Å². The van der Waals surface area contributed by atoms with Gasteiger partial charge < -0.3 is 14.9 Å². The van der Waals surface area contributed by atoms with Crippen LogP contribution in [-0.4, -0.2) is 48.1 Å². The Bertz CT molecular complexity index is 648. The van der Waals surface area contributed by atoms with E-state index in [9.17, 15) is 14.7 Å². The van der Waals surface area contributed by atoms with Crippen molar-refractivity contribution in [1.29, 1.82) is 0 Å². The molecule has 0 radical (unpaired) electrons. The summed E-state index contributed by atoms with van der Waals surface area (Å²) in [4.78, 5) is 28.9. The number of hydrogen-bond acceptors (Lipinski definition) is 3. The summed E-state index contributed by atoms with van der Waals surface area (Å²) in [7, 11) is 0. The van der Waals surface area contributed by atoms with Crippen LogP contribution >= 0.6 is 0 Å². The van der Waals surface area contributed by atoms with E-state index in [0.29, 0.717) is 19.5 Å². The van der Waals surface area contributed by atoms with Gasteiger partial charge in [0.25, 0.3) is 0 Å². The van der Waals surface area contributed by atoms with Crippen molar-refractivity contribution in [1.82, 2.24) is 4.90 Å². The van der Waals surface area contributed by atoms with Gasteiger partial charge in [-0.15, -0.1) is 0 Å². The van der Waals surface area contributed by atoms with Crippen molar-refractivity contribution < 1.29 is 14.7 Å². The van der Waals surface area contributed by atoms with Gasteiger partial charge in [-0.05, 0) is 49.7 Å². The van der Waals surface area contributed by atoms with Gasteiger partial charge in [0.05, 0.1) is 11.8 Å². The van der Waals surface area contributed by atoms with Crippen LogP contribution in [0.15, 0.2) is 30.3 Å². The first-order valence-electron chi connectivity index (χ1n) is 9.40. The predicted molar refractivity (Wildman–Crippen MR) is 95.4 cm³/mol. The summed E-state index contributed by atoms with van der Waals surface area (Å²) in [5, 5.41) is 9.63. The number of carbonyl (C=O) groups is 2. The van der Waals surface area contributed by atoms with Crippen molar-refractivity contribution in [2.45, 2.75) is 32.1 Å². The Balaban J connectivity index is 1.39. The average Bonchev–Trinajstić information content (AvgIpc) is 3.41. The van der Waals surface area contributed by atoms with Gasteiger partial charge in [-0.1, -0.05) is 18.2 Å². The summed E-state index contributed by atoms with van der Waals surface area (Å²) >= 11 is 0. The van der Waals surface area contributed by atoms with E-state index in [1.807, 2.05) is 23.1 Å². The average molecular weight is 342 g/mol. The summed E-state index contributed by atoms with van der Waals surface area (Å²) in [6.07, 6.45) is 4.76. The number of para-hydroxylation sites is 1. The molecule has 5 heteroatoms. The number of anilines is 1. The third-order valence-corrected chi connectivity index (χ3v) is 6.43.